The maximum absolute atomic E-state index is 13.4. The summed E-state index contributed by atoms with van der Waals surface area (Å²) in [5.41, 5.74) is -2.12. The number of hydrogen-bond donors (Lipinski definition) is 0. The van der Waals surface area contributed by atoms with Crippen molar-refractivity contribution in [2.75, 3.05) is 32.5 Å². The van der Waals surface area contributed by atoms with Crippen LogP contribution >= 0.6 is 11.6 Å². The molecule has 1 aliphatic rings. The second-order valence-corrected chi connectivity index (χ2v) is 5.31. The van der Waals surface area contributed by atoms with Gasteiger partial charge in [0, 0.05) is 5.02 Å². The largest absolute Gasteiger partial charge is 0.466 e. The molecular weight excluding hydrogens is 367 g/mol. The zero-order chi connectivity index (χ0) is 18.8. The Morgan fingerprint density at radius 1 is 1.20 bits per heavy atom. The molecule has 1 heterocycles. The van der Waals surface area contributed by atoms with Crippen LogP contribution in [0.15, 0.2) is 29.5 Å². The van der Waals surface area contributed by atoms with Crippen molar-refractivity contribution in [2.24, 2.45) is 0 Å². The molecule has 0 saturated carbocycles. The number of ether oxygens (including phenoxy) is 3. The van der Waals surface area contributed by atoms with E-state index in [4.69, 9.17) is 16.3 Å². The van der Waals surface area contributed by atoms with Crippen LogP contribution in [0.3, 0.4) is 0 Å². The van der Waals surface area contributed by atoms with Gasteiger partial charge in [0.1, 0.15) is 12.4 Å². The van der Waals surface area contributed by atoms with Crippen molar-refractivity contribution >= 4 is 29.2 Å². The summed E-state index contributed by atoms with van der Waals surface area (Å²) in [5.74, 6) is -1.90. The lowest BCUT2D eigenvalue weighted by atomic mass is 10.1. The molecule has 0 spiro atoms. The summed E-state index contributed by atoms with van der Waals surface area (Å²) in [6.45, 7) is -0.696. The Morgan fingerprint density at radius 2 is 1.84 bits per heavy atom. The molecule has 2 rings (SSSR count). The molecule has 0 aliphatic carbocycles. The first kappa shape index (κ1) is 19.1. The molecule has 0 atom stereocenters. The fraction of sp³-hybridized carbons (Fsp3) is 0.333. The van der Waals surface area contributed by atoms with E-state index >= 15 is 0 Å². The van der Waals surface area contributed by atoms with Gasteiger partial charge in [-0.25, -0.2) is 9.59 Å². The first-order chi connectivity index (χ1) is 11.7. The summed E-state index contributed by atoms with van der Waals surface area (Å²) in [7, 11) is 2.12. The van der Waals surface area contributed by atoms with Gasteiger partial charge in [-0.2, -0.15) is 13.2 Å². The Bertz CT molecular complexity index is 732. The number of halogens is 4. The summed E-state index contributed by atoms with van der Waals surface area (Å²) >= 11 is 5.66. The number of nitrogens with zero attached hydrogens (tertiary/aromatic N) is 1. The van der Waals surface area contributed by atoms with Gasteiger partial charge in [0.15, 0.2) is 0 Å². The van der Waals surface area contributed by atoms with Crippen LogP contribution in [0, 0.1) is 0 Å². The van der Waals surface area contributed by atoms with Gasteiger partial charge in [-0.15, -0.1) is 0 Å². The van der Waals surface area contributed by atoms with E-state index in [1.807, 2.05) is 0 Å². The van der Waals surface area contributed by atoms with E-state index in [-0.39, 0.29) is 22.9 Å². The molecule has 0 radical (unpaired) electrons. The molecule has 25 heavy (non-hydrogen) atoms. The second kappa shape index (κ2) is 7.32. The van der Waals surface area contributed by atoms with Crippen LogP contribution < -0.4 is 4.90 Å². The minimum Gasteiger partial charge on any atom is -0.466 e. The number of benzene rings is 1. The smallest absolute Gasteiger partial charge is 0.418 e. The highest BCUT2D eigenvalue weighted by molar-refractivity contribution is 6.30. The van der Waals surface area contributed by atoms with Gasteiger partial charge in [-0.1, -0.05) is 11.6 Å². The monoisotopic (exact) mass is 379 g/mol. The number of rotatable bonds is 3. The lowest BCUT2D eigenvalue weighted by Gasteiger charge is -2.32. The summed E-state index contributed by atoms with van der Waals surface area (Å²) in [4.78, 5) is 24.9. The van der Waals surface area contributed by atoms with Crippen molar-refractivity contribution < 1.29 is 37.0 Å². The highest BCUT2D eigenvalue weighted by Crippen LogP contribution is 2.40. The van der Waals surface area contributed by atoms with E-state index in [0.717, 1.165) is 31.3 Å². The quantitative estimate of drug-likeness (QED) is 0.752. The molecule has 136 valence electrons. The topological polar surface area (TPSA) is 65.1 Å². The zero-order valence-electron chi connectivity index (χ0n) is 13.1. The summed E-state index contributed by atoms with van der Waals surface area (Å²) in [5, 5.41) is -0.134. The Morgan fingerprint density at radius 3 is 2.40 bits per heavy atom. The highest BCUT2D eigenvalue weighted by Gasteiger charge is 2.39. The molecule has 0 fully saturated rings. The predicted octanol–water partition coefficient (Wildman–Crippen LogP) is 2.75. The predicted molar refractivity (Wildman–Crippen MR) is 80.8 cm³/mol. The Balaban J connectivity index is 2.68. The molecule has 1 aromatic carbocycles. The van der Waals surface area contributed by atoms with Crippen molar-refractivity contribution in [3.05, 3.63) is 40.1 Å². The molecule has 0 amide bonds. The van der Waals surface area contributed by atoms with E-state index in [9.17, 15) is 22.8 Å². The minimum atomic E-state index is -4.75. The van der Waals surface area contributed by atoms with E-state index in [1.54, 1.807) is 0 Å². The normalized spacial score (nSPS) is 15.2. The minimum absolute atomic E-state index is 0.134. The number of methoxy groups -OCH3 is 2. The maximum atomic E-state index is 13.4. The van der Waals surface area contributed by atoms with Crippen LogP contribution in [0.5, 0.6) is 0 Å². The average molecular weight is 380 g/mol. The molecule has 10 heteroatoms. The standard InChI is InChI=1S/C15H13ClF3NO5/c1-23-13(21)9-6-25-7-20(12(9)14(22)24-2)11-4-3-8(16)5-10(11)15(17,18)19/h3-5H,6-7H2,1-2H3. The molecule has 0 aromatic heterocycles. The molecular formula is C15H13ClF3NO5. The van der Waals surface area contributed by atoms with Crippen molar-refractivity contribution in [2.45, 2.75) is 6.18 Å². The van der Waals surface area contributed by atoms with Gasteiger partial charge in [0.2, 0.25) is 0 Å². The summed E-state index contributed by atoms with van der Waals surface area (Å²) < 4.78 is 54.4. The number of esters is 2. The highest BCUT2D eigenvalue weighted by atomic mass is 35.5. The van der Waals surface area contributed by atoms with Crippen LogP contribution in [0.25, 0.3) is 0 Å². The first-order valence-electron chi connectivity index (χ1n) is 6.82. The Kier molecular flexibility index (Phi) is 5.58. The van der Waals surface area contributed by atoms with Crippen molar-refractivity contribution in [1.82, 2.24) is 0 Å². The van der Waals surface area contributed by atoms with Crippen LogP contribution in [0.4, 0.5) is 18.9 Å². The number of carbonyl (C=O) groups is 2. The van der Waals surface area contributed by atoms with Crippen LogP contribution in [0.2, 0.25) is 5.02 Å². The molecule has 6 nitrogen and oxygen atoms in total. The molecule has 1 aromatic rings. The van der Waals surface area contributed by atoms with Crippen LogP contribution in [-0.2, 0) is 30.0 Å². The van der Waals surface area contributed by atoms with Crippen LogP contribution in [-0.4, -0.2) is 39.5 Å². The number of anilines is 1. The third-order valence-corrected chi connectivity index (χ3v) is 3.62. The van der Waals surface area contributed by atoms with E-state index in [1.165, 1.54) is 6.07 Å². The molecule has 0 saturated heterocycles. The third-order valence-electron chi connectivity index (χ3n) is 3.39. The molecule has 0 bridgehead atoms. The van der Waals surface area contributed by atoms with Crippen molar-refractivity contribution in [3.8, 4) is 0 Å². The first-order valence-corrected chi connectivity index (χ1v) is 7.20. The van der Waals surface area contributed by atoms with E-state index < -0.39 is 36.1 Å². The lowest BCUT2D eigenvalue weighted by molar-refractivity contribution is -0.141. The van der Waals surface area contributed by atoms with Gasteiger partial charge >= 0.3 is 18.1 Å². The van der Waals surface area contributed by atoms with Gasteiger partial charge in [0.05, 0.1) is 37.7 Å². The van der Waals surface area contributed by atoms with Crippen molar-refractivity contribution in [3.63, 3.8) is 0 Å². The Hall–Kier alpha value is -2.26. The average Bonchev–Trinajstić information content (AvgIpc) is 2.58. The van der Waals surface area contributed by atoms with Gasteiger partial charge in [0.25, 0.3) is 0 Å². The van der Waals surface area contributed by atoms with Gasteiger partial charge in [-0.3, -0.25) is 0 Å². The fourth-order valence-corrected chi connectivity index (χ4v) is 2.48. The number of alkyl halides is 3. The SMILES string of the molecule is COC(=O)C1=C(C(=O)OC)N(c2ccc(Cl)cc2C(F)(F)F)COC1. The summed E-state index contributed by atoms with van der Waals surface area (Å²) in [6.07, 6.45) is -4.75. The van der Waals surface area contributed by atoms with Gasteiger partial charge < -0.3 is 19.1 Å². The maximum Gasteiger partial charge on any atom is 0.418 e. The Labute approximate surface area is 145 Å². The fourth-order valence-electron chi connectivity index (χ4n) is 2.30. The van der Waals surface area contributed by atoms with Crippen LogP contribution in [0.1, 0.15) is 5.56 Å². The van der Waals surface area contributed by atoms with E-state index in [0.29, 0.717) is 0 Å². The number of hydrogen-bond acceptors (Lipinski definition) is 6. The molecule has 1 aliphatic heterocycles. The summed E-state index contributed by atoms with van der Waals surface area (Å²) in [6, 6.07) is 3.03. The molecule has 0 unspecified atom stereocenters. The van der Waals surface area contributed by atoms with E-state index in [2.05, 4.69) is 9.47 Å². The van der Waals surface area contributed by atoms with Gasteiger partial charge in [-0.05, 0) is 18.2 Å². The zero-order valence-corrected chi connectivity index (χ0v) is 13.9. The molecule has 0 N–H and O–H groups in total. The third kappa shape index (κ3) is 3.88. The van der Waals surface area contributed by atoms with Crippen molar-refractivity contribution in [1.29, 1.82) is 0 Å². The number of carbonyl (C=O) groups excluding carboxylic acids is 2. The second-order valence-electron chi connectivity index (χ2n) is 4.88. The lowest BCUT2D eigenvalue weighted by Crippen LogP contribution is -2.39.